The summed E-state index contributed by atoms with van der Waals surface area (Å²) < 4.78 is 62.6. The highest BCUT2D eigenvalue weighted by Crippen LogP contribution is 2.32. The third-order valence-electron chi connectivity index (χ3n) is 6.27. The molecule has 3 rings (SSSR count). The molecule has 0 spiro atoms. The van der Waals surface area contributed by atoms with E-state index in [0.717, 1.165) is 17.1 Å². The third-order valence-corrected chi connectivity index (χ3v) is 8.40. The average Bonchev–Trinajstić information content (AvgIpc) is 2.90. The van der Waals surface area contributed by atoms with Crippen molar-refractivity contribution in [2.75, 3.05) is 19.6 Å². The van der Waals surface area contributed by atoms with Crippen LogP contribution >= 0.6 is 11.6 Å². The zero-order valence-corrected chi connectivity index (χ0v) is 22.6. The van der Waals surface area contributed by atoms with Gasteiger partial charge in [-0.05, 0) is 49.2 Å². The predicted octanol–water partition coefficient (Wildman–Crippen LogP) is 4.25. The van der Waals surface area contributed by atoms with Gasteiger partial charge < -0.3 is 14.5 Å². The third kappa shape index (κ3) is 6.60. The van der Waals surface area contributed by atoms with Crippen LogP contribution in [-0.4, -0.2) is 55.2 Å². The summed E-state index contributed by atoms with van der Waals surface area (Å²) in [6.07, 6.45) is 2.88. The summed E-state index contributed by atoms with van der Waals surface area (Å²) in [5.41, 5.74) is 0. The maximum absolute atomic E-state index is 14.9. The maximum atomic E-state index is 14.9. The number of benzene rings is 2. The summed E-state index contributed by atoms with van der Waals surface area (Å²) >= 11 is 5.80. The fourth-order valence-corrected chi connectivity index (χ4v) is 6.12. The Labute approximate surface area is 225 Å². The highest BCUT2D eigenvalue weighted by atomic mass is 35.5. The molecule has 2 aromatic carbocycles. The van der Waals surface area contributed by atoms with Crippen LogP contribution in [0.15, 0.2) is 41.3 Å². The van der Waals surface area contributed by atoms with E-state index in [1.54, 1.807) is 0 Å². The van der Waals surface area contributed by atoms with Crippen molar-refractivity contribution in [3.05, 3.63) is 53.1 Å². The lowest BCUT2D eigenvalue weighted by atomic mass is 9.96. The molecule has 0 unspecified atom stereocenters. The van der Waals surface area contributed by atoms with Gasteiger partial charge in [0, 0.05) is 30.6 Å². The first kappa shape index (κ1) is 29.8. The Bertz CT molecular complexity index is 1230. The van der Waals surface area contributed by atoms with E-state index in [9.17, 15) is 26.8 Å². The predicted molar refractivity (Wildman–Crippen MR) is 136 cm³/mol. The molecule has 0 bridgehead atoms. The summed E-state index contributed by atoms with van der Waals surface area (Å²) in [6.45, 7) is 3.29. The highest BCUT2D eigenvalue weighted by Gasteiger charge is 2.43. The van der Waals surface area contributed by atoms with Crippen molar-refractivity contribution in [2.24, 2.45) is 11.8 Å². The van der Waals surface area contributed by atoms with Crippen LogP contribution in [-0.2, 0) is 24.4 Å². The smallest absolute Gasteiger partial charge is 0.344 e. The van der Waals surface area contributed by atoms with Crippen molar-refractivity contribution in [2.45, 2.75) is 50.5 Å². The van der Waals surface area contributed by atoms with Gasteiger partial charge in [-0.3, -0.25) is 4.79 Å². The number of hydrogen-bond acceptors (Lipinski definition) is 7. The molecule has 1 heterocycles. The minimum atomic E-state index is -4.61. The molecular weight excluding hydrogens is 544 g/mol. The summed E-state index contributed by atoms with van der Waals surface area (Å²) in [5, 5.41) is 0.387. The number of rotatable bonds is 10. The number of nitrogens with zero attached hydrogens (tertiary/aromatic N) is 2. The van der Waals surface area contributed by atoms with Gasteiger partial charge in [-0.15, -0.1) is 0 Å². The molecule has 2 aromatic rings. The zero-order chi connectivity index (χ0) is 28.0. The first-order valence-electron chi connectivity index (χ1n) is 12.2. The van der Waals surface area contributed by atoms with E-state index in [-0.39, 0.29) is 37.2 Å². The van der Waals surface area contributed by atoms with Gasteiger partial charge in [0.2, 0.25) is 15.9 Å². The van der Waals surface area contributed by atoms with E-state index < -0.39 is 44.3 Å². The largest absolute Gasteiger partial charge is 0.451 e. The highest BCUT2D eigenvalue weighted by molar-refractivity contribution is 7.89. The molecule has 1 aliphatic rings. The number of piperazine rings is 1. The Morgan fingerprint density at radius 1 is 1.08 bits per heavy atom. The first-order chi connectivity index (χ1) is 18.0. The van der Waals surface area contributed by atoms with Crippen LogP contribution < -0.4 is 10.6 Å². The van der Waals surface area contributed by atoms with E-state index in [1.807, 2.05) is 13.8 Å². The van der Waals surface area contributed by atoms with Crippen molar-refractivity contribution < 1.29 is 36.4 Å². The van der Waals surface area contributed by atoms with E-state index in [4.69, 9.17) is 22.2 Å². The second kappa shape index (κ2) is 12.8. The van der Waals surface area contributed by atoms with Crippen LogP contribution in [0.2, 0.25) is 5.02 Å². The minimum absolute atomic E-state index is 0.0148. The van der Waals surface area contributed by atoms with Gasteiger partial charge in [0.05, 0.1) is 4.90 Å². The fraction of sp³-hybridized carbons (Fsp3) is 0.440. The molecule has 208 valence electrons. The molecular formula is C25H30ClF2N3O6S. The van der Waals surface area contributed by atoms with Crippen LogP contribution in [0.5, 0.6) is 11.5 Å². The monoisotopic (exact) mass is 573 g/mol. The van der Waals surface area contributed by atoms with Crippen LogP contribution in [0.4, 0.5) is 8.78 Å². The lowest BCUT2D eigenvalue weighted by Crippen LogP contribution is -2.60. The molecule has 13 heteroatoms. The van der Waals surface area contributed by atoms with Gasteiger partial charge in [-0.2, -0.15) is 10.2 Å². The summed E-state index contributed by atoms with van der Waals surface area (Å²) in [7, 11) is -4.61. The molecule has 1 aliphatic heterocycles. The molecule has 9 nitrogen and oxygen atoms in total. The SMILES string of the molecule is CCCC(CCC)C(=O)N1CCN(S(=O)(=O)c2cc(F)c(Oc3ccc(Cl)cc3)c(F)c2)[C@@H](C(=O)ON)C1. The molecule has 1 saturated heterocycles. The molecule has 0 radical (unpaired) electrons. The molecule has 2 N–H and O–H groups in total. The molecule has 0 aromatic heterocycles. The minimum Gasteiger partial charge on any atom is -0.451 e. The van der Waals surface area contributed by atoms with Crippen LogP contribution in [0.25, 0.3) is 0 Å². The van der Waals surface area contributed by atoms with E-state index in [0.29, 0.717) is 30.0 Å². The number of sulfonamides is 1. The van der Waals surface area contributed by atoms with Gasteiger partial charge in [-0.25, -0.2) is 22.0 Å². The van der Waals surface area contributed by atoms with Crippen molar-refractivity contribution in [3.63, 3.8) is 0 Å². The number of hydrogen-bond donors (Lipinski definition) is 1. The summed E-state index contributed by atoms with van der Waals surface area (Å²) in [4.78, 5) is 30.6. The normalized spacial score (nSPS) is 16.5. The number of ether oxygens (including phenoxy) is 1. The second-order valence-corrected chi connectivity index (χ2v) is 11.2. The molecule has 0 saturated carbocycles. The van der Waals surface area contributed by atoms with E-state index >= 15 is 0 Å². The molecule has 1 fully saturated rings. The van der Waals surface area contributed by atoms with Crippen molar-refractivity contribution in [1.29, 1.82) is 0 Å². The molecule has 0 aliphatic carbocycles. The van der Waals surface area contributed by atoms with Gasteiger partial charge in [0.15, 0.2) is 17.4 Å². The second-order valence-electron chi connectivity index (χ2n) is 8.90. The van der Waals surface area contributed by atoms with E-state index in [1.165, 1.54) is 29.2 Å². The van der Waals surface area contributed by atoms with Crippen molar-refractivity contribution in [1.82, 2.24) is 9.21 Å². The molecule has 1 atom stereocenters. The number of carbonyl (C=O) groups excluding carboxylic acids is 2. The van der Waals surface area contributed by atoms with Crippen LogP contribution in [0, 0.1) is 17.6 Å². The van der Waals surface area contributed by atoms with E-state index in [2.05, 4.69) is 4.84 Å². The topological polar surface area (TPSA) is 119 Å². The number of carbonyl (C=O) groups is 2. The van der Waals surface area contributed by atoms with Gasteiger partial charge >= 0.3 is 5.97 Å². The maximum Gasteiger partial charge on any atom is 0.344 e. The van der Waals surface area contributed by atoms with Crippen LogP contribution in [0.3, 0.4) is 0 Å². The van der Waals surface area contributed by atoms with Gasteiger partial charge in [0.1, 0.15) is 11.8 Å². The summed E-state index contributed by atoms with van der Waals surface area (Å²) in [6, 6.07) is 5.40. The number of amides is 1. The van der Waals surface area contributed by atoms with Gasteiger partial charge in [0.25, 0.3) is 0 Å². The molecule has 1 amide bonds. The quantitative estimate of drug-likeness (QED) is 0.422. The number of halogens is 3. The van der Waals surface area contributed by atoms with Crippen LogP contribution in [0.1, 0.15) is 39.5 Å². The Hall–Kier alpha value is -2.80. The first-order valence-corrected chi connectivity index (χ1v) is 14.0. The van der Waals surface area contributed by atoms with Crippen molar-refractivity contribution >= 4 is 33.5 Å². The summed E-state index contributed by atoms with van der Waals surface area (Å²) in [5.74, 6) is 0.230. The Kier molecular flexibility index (Phi) is 10.0. The Morgan fingerprint density at radius 2 is 1.66 bits per heavy atom. The van der Waals surface area contributed by atoms with Crippen molar-refractivity contribution in [3.8, 4) is 11.5 Å². The van der Waals surface area contributed by atoms with Gasteiger partial charge in [-0.1, -0.05) is 38.3 Å². The number of nitrogens with two attached hydrogens (primary N) is 1. The lowest BCUT2D eigenvalue weighted by Gasteiger charge is -2.40. The average molecular weight is 574 g/mol. The zero-order valence-electron chi connectivity index (χ0n) is 21.0. The molecule has 38 heavy (non-hydrogen) atoms. The Balaban J connectivity index is 1.88. The lowest BCUT2D eigenvalue weighted by molar-refractivity contribution is -0.153. The fourth-order valence-electron chi connectivity index (χ4n) is 4.41. The Morgan fingerprint density at radius 3 is 2.18 bits per heavy atom. The standard InChI is InChI=1S/C25H30ClF2N3O6S/c1-3-5-16(6-4-2)24(32)30-11-12-31(22(15-30)25(33)37-29)38(34,35)19-13-20(27)23(21(28)14-19)36-18-9-7-17(26)8-10-18/h7-10,13-14,16,22H,3-6,11-12,15,29H2,1-2H3/t22-/m1/s1.